The summed E-state index contributed by atoms with van der Waals surface area (Å²) in [6.45, 7) is 0.350. The Hall–Kier alpha value is -3.38. The minimum absolute atomic E-state index is 0.148. The molecule has 5 rings (SSSR count). The molecule has 1 aromatic heterocycles. The molecule has 12 heteroatoms. The van der Waals surface area contributed by atoms with Crippen molar-refractivity contribution in [2.45, 2.75) is 23.2 Å². The second-order valence-corrected chi connectivity index (χ2v) is 10.7. The molecule has 2 aliphatic heterocycles. The van der Waals surface area contributed by atoms with Crippen molar-refractivity contribution in [2.75, 3.05) is 18.1 Å². The van der Waals surface area contributed by atoms with Gasteiger partial charge in [0.1, 0.15) is 23.4 Å². The molecule has 3 atom stereocenters. The quantitative estimate of drug-likeness (QED) is 0.267. The van der Waals surface area contributed by atoms with Gasteiger partial charge in [-0.15, -0.1) is 16.9 Å². The number of fused-ring (bicyclic) bond motifs is 1. The summed E-state index contributed by atoms with van der Waals surface area (Å²) < 4.78 is 7.27. The minimum atomic E-state index is -0.948. The maximum Gasteiger partial charge on any atom is 0.315 e. The summed E-state index contributed by atoms with van der Waals surface area (Å²) in [5, 5.41) is 14.7. The lowest BCUT2D eigenvalue weighted by molar-refractivity contribution is -0.161. The van der Waals surface area contributed by atoms with Gasteiger partial charge in [0, 0.05) is 30.7 Å². The van der Waals surface area contributed by atoms with Gasteiger partial charge in [0.15, 0.2) is 0 Å². The Morgan fingerprint density at radius 3 is 2.58 bits per heavy atom. The maximum atomic E-state index is 13.5. The SMILES string of the molecule is Cn1nnnc1SCC1(C(=O)OCc2ccccc2)CS[C@@H]2C(NC(=O)c3ccccc3)C(=O)N2C1. The molecule has 2 unspecified atom stereocenters. The van der Waals surface area contributed by atoms with Crippen LogP contribution in [0.1, 0.15) is 15.9 Å². The van der Waals surface area contributed by atoms with Gasteiger partial charge in [-0.1, -0.05) is 60.3 Å². The fraction of sp³-hybridized carbons (Fsp3) is 0.333. The van der Waals surface area contributed by atoms with Crippen LogP contribution in [-0.4, -0.2) is 72.4 Å². The Kier molecular flexibility index (Phi) is 6.97. The van der Waals surface area contributed by atoms with Crippen molar-refractivity contribution in [3.8, 4) is 0 Å². The molecule has 2 aromatic carbocycles. The molecular formula is C24H24N6O4S2. The summed E-state index contributed by atoms with van der Waals surface area (Å²) in [6.07, 6.45) is 0. The highest BCUT2D eigenvalue weighted by Gasteiger charge is 2.58. The first-order valence-electron chi connectivity index (χ1n) is 11.3. The highest BCUT2D eigenvalue weighted by Crippen LogP contribution is 2.45. The predicted octanol–water partition coefficient (Wildman–Crippen LogP) is 1.75. The molecule has 3 heterocycles. The first kappa shape index (κ1) is 24.3. The van der Waals surface area contributed by atoms with Crippen LogP contribution in [0.5, 0.6) is 0 Å². The molecule has 0 spiro atoms. The second-order valence-electron chi connectivity index (χ2n) is 8.70. The lowest BCUT2D eigenvalue weighted by Gasteiger charge is -2.54. The number of thioether (sulfide) groups is 2. The Morgan fingerprint density at radius 1 is 1.17 bits per heavy atom. The first-order valence-corrected chi connectivity index (χ1v) is 13.3. The lowest BCUT2D eigenvalue weighted by atomic mass is 9.89. The van der Waals surface area contributed by atoms with E-state index in [0.29, 0.717) is 22.2 Å². The summed E-state index contributed by atoms with van der Waals surface area (Å²) in [4.78, 5) is 40.7. The summed E-state index contributed by atoms with van der Waals surface area (Å²) >= 11 is 2.83. The van der Waals surface area contributed by atoms with Crippen LogP contribution in [0.15, 0.2) is 65.8 Å². The Morgan fingerprint density at radius 2 is 1.89 bits per heavy atom. The number of tetrazole rings is 1. The van der Waals surface area contributed by atoms with Crippen LogP contribution in [0, 0.1) is 5.41 Å². The largest absolute Gasteiger partial charge is 0.460 e. The highest BCUT2D eigenvalue weighted by atomic mass is 32.2. The van der Waals surface area contributed by atoms with E-state index in [9.17, 15) is 14.4 Å². The predicted molar refractivity (Wildman–Crippen MR) is 134 cm³/mol. The van der Waals surface area contributed by atoms with E-state index in [-0.39, 0.29) is 36.3 Å². The zero-order chi connectivity index (χ0) is 25.1. The van der Waals surface area contributed by atoms with E-state index in [0.717, 1.165) is 5.56 Å². The van der Waals surface area contributed by atoms with Gasteiger partial charge in [-0.05, 0) is 28.1 Å². The summed E-state index contributed by atoms with van der Waals surface area (Å²) in [5.41, 5.74) is 0.435. The molecule has 3 aromatic rings. The van der Waals surface area contributed by atoms with E-state index in [1.807, 2.05) is 36.4 Å². The molecule has 2 saturated heterocycles. The Balaban J connectivity index is 1.29. The molecule has 0 saturated carbocycles. The lowest BCUT2D eigenvalue weighted by Crippen LogP contribution is -2.74. The van der Waals surface area contributed by atoms with Crippen LogP contribution >= 0.6 is 23.5 Å². The number of carbonyl (C=O) groups is 3. The number of nitrogens with one attached hydrogen (secondary N) is 1. The second kappa shape index (κ2) is 10.3. The average molecular weight is 525 g/mol. The van der Waals surface area contributed by atoms with Gasteiger partial charge in [0.05, 0.1) is 0 Å². The average Bonchev–Trinajstić information content (AvgIpc) is 3.34. The normalized spacial score (nSPS) is 22.9. The summed E-state index contributed by atoms with van der Waals surface area (Å²) in [6, 6.07) is 17.6. The van der Waals surface area contributed by atoms with Gasteiger partial charge in [0.25, 0.3) is 5.91 Å². The van der Waals surface area contributed by atoms with E-state index in [1.54, 1.807) is 36.2 Å². The number of esters is 1. The van der Waals surface area contributed by atoms with Crippen molar-refractivity contribution in [1.29, 1.82) is 0 Å². The number of β-lactam (4-membered cyclic amide) rings is 1. The third-order valence-electron chi connectivity index (χ3n) is 6.17. The van der Waals surface area contributed by atoms with Gasteiger partial charge in [-0.3, -0.25) is 14.4 Å². The number of aromatic nitrogens is 4. The van der Waals surface area contributed by atoms with Crippen LogP contribution in [0.25, 0.3) is 0 Å². The van der Waals surface area contributed by atoms with Crippen molar-refractivity contribution in [1.82, 2.24) is 30.4 Å². The van der Waals surface area contributed by atoms with Crippen LogP contribution in [0.4, 0.5) is 0 Å². The number of benzene rings is 2. The molecule has 186 valence electrons. The van der Waals surface area contributed by atoms with Gasteiger partial charge in [-0.2, -0.15) is 0 Å². The van der Waals surface area contributed by atoms with Gasteiger partial charge >= 0.3 is 5.97 Å². The molecule has 0 bridgehead atoms. The number of hydrogen-bond donors (Lipinski definition) is 1. The molecule has 0 radical (unpaired) electrons. The molecule has 2 aliphatic rings. The van der Waals surface area contributed by atoms with E-state index in [4.69, 9.17) is 4.74 Å². The smallest absolute Gasteiger partial charge is 0.315 e. The first-order chi connectivity index (χ1) is 17.5. The molecule has 2 amide bonds. The van der Waals surface area contributed by atoms with E-state index in [2.05, 4.69) is 20.8 Å². The fourth-order valence-corrected chi connectivity index (χ4v) is 6.83. The number of amides is 2. The Bertz CT molecular complexity index is 1260. The third-order valence-corrected chi connectivity index (χ3v) is 9.06. The number of hydrogen-bond acceptors (Lipinski definition) is 9. The number of rotatable bonds is 8. The topological polar surface area (TPSA) is 119 Å². The van der Waals surface area contributed by atoms with Crippen molar-refractivity contribution in [2.24, 2.45) is 12.5 Å². The van der Waals surface area contributed by atoms with E-state index < -0.39 is 11.5 Å². The van der Waals surface area contributed by atoms with E-state index >= 15 is 0 Å². The standard InChI is InChI=1S/C24H24N6O4S2/c1-29-23(26-27-28-29)36-15-24(22(33)34-12-16-8-4-2-5-9-16)13-30-20(32)18(21(30)35-14-24)25-19(31)17-10-6-3-7-11-17/h2-11,18,21H,12-15H2,1H3,(H,25,31)/t18?,21-,24?/m1/s1. The molecular weight excluding hydrogens is 500 g/mol. The molecule has 36 heavy (non-hydrogen) atoms. The number of aryl methyl sites for hydroxylation is 1. The maximum absolute atomic E-state index is 13.5. The minimum Gasteiger partial charge on any atom is -0.460 e. The van der Waals surface area contributed by atoms with Gasteiger partial charge in [-0.25, -0.2) is 4.68 Å². The van der Waals surface area contributed by atoms with Crippen LogP contribution in [-0.2, 0) is 28.0 Å². The third kappa shape index (κ3) is 4.82. The molecule has 10 nitrogen and oxygen atoms in total. The summed E-state index contributed by atoms with van der Waals surface area (Å²) in [5.74, 6) is -0.0880. The van der Waals surface area contributed by atoms with Crippen LogP contribution < -0.4 is 5.32 Å². The van der Waals surface area contributed by atoms with Crippen LogP contribution in [0.2, 0.25) is 0 Å². The molecule has 2 fully saturated rings. The van der Waals surface area contributed by atoms with Crippen molar-refractivity contribution < 1.29 is 19.1 Å². The van der Waals surface area contributed by atoms with Gasteiger partial charge < -0.3 is 15.0 Å². The number of ether oxygens (including phenoxy) is 1. The highest BCUT2D eigenvalue weighted by molar-refractivity contribution is 8.00. The summed E-state index contributed by atoms with van der Waals surface area (Å²) in [7, 11) is 1.73. The van der Waals surface area contributed by atoms with Crippen LogP contribution in [0.3, 0.4) is 0 Å². The van der Waals surface area contributed by atoms with Crippen molar-refractivity contribution >= 4 is 41.3 Å². The number of nitrogens with zero attached hydrogens (tertiary/aromatic N) is 5. The molecule has 1 N–H and O–H groups in total. The van der Waals surface area contributed by atoms with Crippen molar-refractivity contribution in [3.63, 3.8) is 0 Å². The number of carbonyl (C=O) groups excluding carboxylic acids is 3. The monoisotopic (exact) mass is 524 g/mol. The van der Waals surface area contributed by atoms with Gasteiger partial charge in [0.2, 0.25) is 11.1 Å². The Labute approximate surface area is 216 Å². The fourth-order valence-electron chi connectivity index (χ4n) is 4.13. The zero-order valence-electron chi connectivity index (χ0n) is 19.4. The zero-order valence-corrected chi connectivity index (χ0v) is 21.1. The van der Waals surface area contributed by atoms with Crippen molar-refractivity contribution in [3.05, 3.63) is 71.8 Å². The van der Waals surface area contributed by atoms with E-state index in [1.165, 1.54) is 28.2 Å². The molecule has 0 aliphatic carbocycles.